The number of hydrogen-bond acceptors (Lipinski definition) is 3. The molecule has 0 bridgehead atoms. The van der Waals surface area contributed by atoms with Crippen LogP contribution in [0.25, 0.3) is 11.4 Å². The normalized spacial score (nSPS) is 10.7. The van der Waals surface area contributed by atoms with E-state index in [2.05, 4.69) is 58.1 Å². The monoisotopic (exact) mass is 269 g/mol. The number of hydrogen-bond donors (Lipinski definition) is 1. The van der Waals surface area contributed by atoms with Crippen molar-refractivity contribution in [2.75, 3.05) is 11.9 Å². The van der Waals surface area contributed by atoms with Crippen LogP contribution in [-0.4, -0.2) is 16.5 Å². The largest absolute Gasteiger partial charge is 0.370 e. The van der Waals surface area contributed by atoms with Crippen LogP contribution in [0, 0.1) is 20.8 Å². The van der Waals surface area contributed by atoms with Gasteiger partial charge in [-0.25, -0.2) is 9.97 Å². The van der Waals surface area contributed by atoms with E-state index in [0.29, 0.717) is 0 Å². The van der Waals surface area contributed by atoms with Gasteiger partial charge >= 0.3 is 0 Å². The summed E-state index contributed by atoms with van der Waals surface area (Å²) in [4.78, 5) is 9.45. The molecule has 0 unspecified atom stereocenters. The van der Waals surface area contributed by atoms with E-state index in [4.69, 9.17) is 9.97 Å². The minimum atomic E-state index is 0.817. The molecular formula is C17H23N3. The molecule has 20 heavy (non-hydrogen) atoms. The number of nitrogens with one attached hydrogen (secondary N) is 1. The van der Waals surface area contributed by atoms with E-state index in [-0.39, 0.29) is 0 Å². The van der Waals surface area contributed by atoms with Gasteiger partial charge in [0.25, 0.3) is 0 Å². The Morgan fingerprint density at radius 3 is 2.45 bits per heavy atom. The summed E-state index contributed by atoms with van der Waals surface area (Å²) in [7, 11) is 0. The van der Waals surface area contributed by atoms with E-state index in [9.17, 15) is 0 Å². The van der Waals surface area contributed by atoms with Crippen LogP contribution < -0.4 is 5.32 Å². The highest BCUT2D eigenvalue weighted by molar-refractivity contribution is 5.64. The Morgan fingerprint density at radius 2 is 1.80 bits per heavy atom. The lowest BCUT2D eigenvalue weighted by atomic mass is 10.0. The zero-order valence-corrected chi connectivity index (χ0v) is 13.0. The van der Waals surface area contributed by atoms with Crippen molar-refractivity contribution in [2.45, 2.75) is 41.0 Å². The molecule has 2 aromatic rings. The van der Waals surface area contributed by atoms with Crippen molar-refractivity contribution < 1.29 is 0 Å². The first-order valence-electron chi connectivity index (χ1n) is 7.25. The highest BCUT2D eigenvalue weighted by Crippen LogP contribution is 2.25. The van der Waals surface area contributed by atoms with E-state index in [1.54, 1.807) is 0 Å². The van der Waals surface area contributed by atoms with Crippen molar-refractivity contribution in [3.8, 4) is 11.4 Å². The van der Waals surface area contributed by atoms with Gasteiger partial charge in [0.05, 0.1) is 0 Å². The molecule has 3 heteroatoms. The van der Waals surface area contributed by atoms with Crippen molar-refractivity contribution in [1.82, 2.24) is 9.97 Å². The van der Waals surface area contributed by atoms with Crippen molar-refractivity contribution in [1.29, 1.82) is 0 Å². The molecule has 1 N–H and O–H groups in total. The maximum atomic E-state index is 4.74. The van der Waals surface area contributed by atoms with Crippen LogP contribution in [0.3, 0.4) is 0 Å². The maximum Gasteiger partial charge on any atom is 0.162 e. The van der Waals surface area contributed by atoms with E-state index < -0.39 is 0 Å². The number of aromatic nitrogens is 2. The van der Waals surface area contributed by atoms with Crippen LogP contribution in [0.15, 0.2) is 18.2 Å². The Kier molecular flexibility index (Phi) is 4.38. The minimum Gasteiger partial charge on any atom is -0.370 e. The SMILES string of the molecule is CCNc1nc(-c2cc(C)ccc2C)nc(C)c1CC. The third kappa shape index (κ3) is 2.82. The van der Waals surface area contributed by atoms with Gasteiger partial charge in [-0.3, -0.25) is 0 Å². The molecule has 0 spiro atoms. The van der Waals surface area contributed by atoms with E-state index >= 15 is 0 Å². The molecule has 0 aliphatic heterocycles. The summed E-state index contributed by atoms with van der Waals surface area (Å²) >= 11 is 0. The highest BCUT2D eigenvalue weighted by Gasteiger charge is 2.12. The van der Waals surface area contributed by atoms with Crippen molar-refractivity contribution in [3.63, 3.8) is 0 Å². The third-order valence-electron chi connectivity index (χ3n) is 3.55. The van der Waals surface area contributed by atoms with Gasteiger partial charge in [0.2, 0.25) is 0 Å². The number of aryl methyl sites for hydroxylation is 3. The van der Waals surface area contributed by atoms with Crippen LogP contribution >= 0.6 is 0 Å². The van der Waals surface area contributed by atoms with Crippen molar-refractivity contribution >= 4 is 5.82 Å². The molecule has 0 aliphatic rings. The second-order valence-electron chi connectivity index (χ2n) is 5.16. The smallest absolute Gasteiger partial charge is 0.162 e. The average molecular weight is 269 g/mol. The quantitative estimate of drug-likeness (QED) is 0.909. The molecule has 1 aromatic heterocycles. The van der Waals surface area contributed by atoms with Gasteiger partial charge in [0.1, 0.15) is 5.82 Å². The van der Waals surface area contributed by atoms with Crippen LogP contribution in [0.1, 0.15) is 36.2 Å². The van der Waals surface area contributed by atoms with Crippen LogP contribution in [0.5, 0.6) is 0 Å². The zero-order chi connectivity index (χ0) is 14.7. The van der Waals surface area contributed by atoms with Crippen LogP contribution in [0.2, 0.25) is 0 Å². The van der Waals surface area contributed by atoms with Gasteiger partial charge in [0.15, 0.2) is 5.82 Å². The van der Waals surface area contributed by atoms with Gasteiger partial charge in [0, 0.05) is 23.4 Å². The standard InChI is InChI=1S/C17H23N3/c1-6-14-13(5)19-17(20-16(14)18-7-2)15-10-11(3)8-9-12(15)4/h8-10H,6-7H2,1-5H3,(H,18,19,20). The van der Waals surface area contributed by atoms with Gasteiger partial charge in [-0.1, -0.05) is 24.6 Å². The predicted molar refractivity (Wildman–Crippen MR) is 85.2 cm³/mol. The summed E-state index contributed by atoms with van der Waals surface area (Å²) in [6, 6.07) is 6.41. The topological polar surface area (TPSA) is 37.8 Å². The average Bonchev–Trinajstić information content (AvgIpc) is 2.41. The first-order chi connectivity index (χ1) is 9.56. The van der Waals surface area contributed by atoms with Crippen molar-refractivity contribution in [2.24, 2.45) is 0 Å². The Hall–Kier alpha value is -1.90. The molecular weight excluding hydrogens is 246 g/mol. The summed E-state index contributed by atoms with van der Waals surface area (Å²) < 4.78 is 0. The molecule has 1 aromatic carbocycles. The lowest BCUT2D eigenvalue weighted by molar-refractivity contribution is 0.988. The number of nitrogens with zero attached hydrogens (tertiary/aromatic N) is 2. The molecule has 0 saturated carbocycles. The summed E-state index contributed by atoms with van der Waals surface area (Å²) in [5.41, 5.74) is 5.84. The second-order valence-corrected chi connectivity index (χ2v) is 5.16. The van der Waals surface area contributed by atoms with Crippen molar-refractivity contribution in [3.05, 3.63) is 40.6 Å². The summed E-state index contributed by atoms with van der Waals surface area (Å²) in [5, 5.41) is 3.36. The molecule has 3 nitrogen and oxygen atoms in total. The summed E-state index contributed by atoms with van der Waals surface area (Å²) in [6.45, 7) is 11.4. The predicted octanol–water partition coefficient (Wildman–Crippen LogP) is 4.06. The zero-order valence-electron chi connectivity index (χ0n) is 13.0. The molecule has 0 atom stereocenters. The molecule has 0 saturated heterocycles. The molecule has 1 heterocycles. The molecule has 2 rings (SSSR count). The maximum absolute atomic E-state index is 4.74. The summed E-state index contributed by atoms with van der Waals surface area (Å²) in [6.07, 6.45) is 0.946. The highest BCUT2D eigenvalue weighted by atomic mass is 15.0. The third-order valence-corrected chi connectivity index (χ3v) is 3.55. The minimum absolute atomic E-state index is 0.817. The molecule has 0 aliphatic carbocycles. The number of rotatable bonds is 4. The fraction of sp³-hybridized carbons (Fsp3) is 0.412. The molecule has 0 radical (unpaired) electrons. The molecule has 0 amide bonds. The van der Waals surface area contributed by atoms with E-state index in [0.717, 1.165) is 35.9 Å². The molecule has 106 valence electrons. The van der Waals surface area contributed by atoms with Gasteiger partial charge < -0.3 is 5.32 Å². The lowest BCUT2D eigenvalue weighted by Crippen LogP contribution is -2.08. The Labute approximate surface area is 121 Å². The van der Waals surface area contributed by atoms with Crippen LogP contribution in [0.4, 0.5) is 5.82 Å². The lowest BCUT2D eigenvalue weighted by Gasteiger charge is -2.14. The van der Waals surface area contributed by atoms with Gasteiger partial charge in [-0.2, -0.15) is 0 Å². The number of benzene rings is 1. The second kappa shape index (κ2) is 6.04. The molecule has 0 fully saturated rings. The fourth-order valence-electron chi connectivity index (χ4n) is 2.43. The number of anilines is 1. The first-order valence-corrected chi connectivity index (χ1v) is 7.25. The van der Waals surface area contributed by atoms with E-state index in [1.807, 2.05) is 0 Å². The Balaban J connectivity index is 2.60. The van der Waals surface area contributed by atoms with Gasteiger partial charge in [-0.05, 0) is 45.7 Å². The van der Waals surface area contributed by atoms with E-state index in [1.165, 1.54) is 16.7 Å². The fourth-order valence-corrected chi connectivity index (χ4v) is 2.43. The Morgan fingerprint density at radius 1 is 1.05 bits per heavy atom. The van der Waals surface area contributed by atoms with Crippen LogP contribution in [-0.2, 0) is 6.42 Å². The Bertz CT molecular complexity index is 618. The first kappa shape index (κ1) is 14.5. The van der Waals surface area contributed by atoms with Gasteiger partial charge in [-0.15, -0.1) is 0 Å². The summed E-state index contributed by atoms with van der Waals surface area (Å²) in [5.74, 6) is 1.79.